The average molecular weight is 243 g/mol. The van der Waals surface area contributed by atoms with Gasteiger partial charge in [0.15, 0.2) is 0 Å². The Morgan fingerprint density at radius 1 is 1.81 bits per heavy atom. The molecule has 5 nitrogen and oxygen atoms in total. The minimum atomic E-state index is -0.373. The maximum Gasteiger partial charge on any atom is 0.236 e. The lowest BCUT2D eigenvalue weighted by Gasteiger charge is -2.15. The zero-order chi connectivity index (χ0) is 11.7. The molecule has 1 amide bonds. The number of halogens is 1. The van der Waals surface area contributed by atoms with E-state index >= 15 is 0 Å². The molecule has 1 aromatic rings. The minimum Gasteiger partial charge on any atom is -0.368 e. The van der Waals surface area contributed by atoms with Gasteiger partial charge in [0.1, 0.15) is 6.04 Å². The summed E-state index contributed by atoms with van der Waals surface area (Å²) in [6.45, 7) is 2.30. The topological polar surface area (TPSA) is 72.9 Å². The van der Waals surface area contributed by atoms with E-state index in [1.54, 1.807) is 10.9 Å². The maximum atomic E-state index is 11.3. The standard InChI is InChI=1S/C10H15ClN4O/c1-6-8(11)4-13-15(6)5-9(10(12)16)14-7-2-3-7/h4,7,9,14H,2-3,5H2,1H3,(H2,12,16). The lowest BCUT2D eigenvalue weighted by molar-refractivity contribution is -0.120. The SMILES string of the molecule is Cc1c(Cl)cnn1CC(NC1CC1)C(N)=O. The van der Waals surface area contributed by atoms with Gasteiger partial charge in [-0.2, -0.15) is 5.10 Å². The summed E-state index contributed by atoms with van der Waals surface area (Å²) in [5.74, 6) is -0.349. The molecule has 0 radical (unpaired) electrons. The predicted molar refractivity (Wildman–Crippen MR) is 61.1 cm³/mol. The summed E-state index contributed by atoms with van der Waals surface area (Å²) in [5, 5.41) is 7.91. The van der Waals surface area contributed by atoms with Crippen LogP contribution >= 0.6 is 11.6 Å². The van der Waals surface area contributed by atoms with Crippen molar-refractivity contribution in [3.8, 4) is 0 Å². The van der Waals surface area contributed by atoms with Crippen LogP contribution in [0.25, 0.3) is 0 Å². The van der Waals surface area contributed by atoms with Crippen LogP contribution in [0.15, 0.2) is 6.20 Å². The van der Waals surface area contributed by atoms with Crippen molar-refractivity contribution in [3.05, 3.63) is 16.9 Å². The van der Waals surface area contributed by atoms with Gasteiger partial charge >= 0.3 is 0 Å². The van der Waals surface area contributed by atoms with Gasteiger partial charge in [-0.3, -0.25) is 9.48 Å². The van der Waals surface area contributed by atoms with Gasteiger partial charge in [-0.25, -0.2) is 0 Å². The minimum absolute atomic E-state index is 0.349. The second kappa shape index (κ2) is 4.43. The number of nitrogens with two attached hydrogens (primary N) is 1. The molecule has 16 heavy (non-hydrogen) atoms. The summed E-state index contributed by atoms with van der Waals surface area (Å²) in [5.41, 5.74) is 6.19. The van der Waals surface area contributed by atoms with Crippen molar-refractivity contribution < 1.29 is 4.79 Å². The van der Waals surface area contributed by atoms with Gasteiger partial charge < -0.3 is 11.1 Å². The Morgan fingerprint density at radius 3 is 2.94 bits per heavy atom. The molecule has 0 spiro atoms. The van der Waals surface area contributed by atoms with Crippen LogP contribution < -0.4 is 11.1 Å². The first-order valence-electron chi connectivity index (χ1n) is 5.31. The number of amides is 1. The molecule has 3 N–H and O–H groups in total. The van der Waals surface area contributed by atoms with E-state index in [-0.39, 0.29) is 11.9 Å². The molecular formula is C10H15ClN4O. The second-order valence-corrected chi connectivity index (χ2v) is 4.56. The molecule has 0 aliphatic heterocycles. The van der Waals surface area contributed by atoms with Crippen molar-refractivity contribution in [2.45, 2.75) is 38.4 Å². The second-order valence-electron chi connectivity index (χ2n) is 4.16. The summed E-state index contributed by atoms with van der Waals surface area (Å²) in [4.78, 5) is 11.3. The number of nitrogens with one attached hydrogen (secondary N) is 1. The van der Waals surface area contributed by atoms with E-state index < -0.39 is 0 Å². The normalized spacial score (nSPS) is 17.4. The summed E-state index contributed by atoms with van der Waals surface area (Å²) in [6.07, 6.45) is 3.80. The fourth-order valence-electron chi connectivity index (χ4n) is 1.54. The van der Waals surface area contributed by atoms with E-state index in [1.165, 1.54) is 0 Å². The number of rotatable bonds is 5. The van der Waals surface area contributed by atoms with Crippen molar-refractivity contribution in [1.82, 2.24) is 15.1 Å². The molecule has 1 aliphatic rings. The first kappa shape index (κ1) is 11.4. The van der Waals surface area contributed by atoms with E-state index in [9.17, 15) is 4.79 Å². The van der Waals surface area contributed by atoms with Crippen molar-refractivity contribution in [3.63, 3.8) is 0 Å². The fraction of sp³-hybridized carbons (Fsp3) is 0.600. The molecule has 88 valence electrons. The fourth-order valence-corrected chi connectivity index (χ4v) is 1.68. The molecule has 1 saturated carbocycles. The van der Waals surface area contributed by atoms with Gasteiger partial charge in [-0.05, 0) is 19.8 Å². The molecule has 2 rings (SSSR count). The number of nitrogens with zero attached hydrogens (tertiary/aromatic N) is 2. The molecular weight excluding hydrogens is 228 g/mol. The first-order valence-corrected chi connectivity index (χ1v) is 5.69. The highest BCUT2D eigenvalue weighted by Crippen LogP contribution is 2.20. The number of carbonyl (C=O) groups excluding carboxylic acids is 1. The zero-order valence-electron chi connectivity index (χ0n) is 9.11. The third kappa shape index (κ3) is 2.54. The maximum absolute atomic E-state index is 11.3. The predicted octanol–water partition coefficient (Wildman–Crippen LogP) is 0.451. The van der Waals surface area contributed by atoms with Gasteiger partial charge in [0.25, 0.3) is 0 Å². The van der Waals surface area contributed by atoms with Gasteiger partial charge in [0.2, 0.25) is 5.91 Å². The summed E-state index contributed by atoms with van der Waals surface area (Å²) in [6, 6.07) is 0.0611. The van der Waals surface area contributed by atoms with Crippen LogP contribution in [0, 0.1) is 6.92 Å². The van der Waals surface area contributed by atoms with Crippen LogP contribution in [-0.2, 0) is 11.3 Å². The third-order valence-electron chi connectivity index (χ3n) is 2.76. The summed E-state index contributed by atoms with van der Waals surface area (Å²) in [7, 11) is 0. The van der Waals surface area contributed by atoms with Crippen LogP contribution in [-0.4, -0.2) is 27.8 Å². The van der Waals surface area contributed by atoms with E-state index in [0.717, 1.165) is 18.5 Å². The van der Waals surface area contributed by atoms with Crippen molar-refractivity contribution in [2.24, 2.45) is 5.73 Å². The molecule has 0 aromatic carbocycles. The Hall–Kier alpha value is -1.07. The number of hydrogen-bond donors (Lipinski definition) is 2. The highest BCUT2D eigenvalue weighted by Gasteiger charge is 2.27. The van der Waals surface area contributed by atoms with E-state index in [2.05, 4.69) is 10.4 Å². The molecule has 1 aromatic heterocycles. The molecule has 1 fully saturated rings. The number of aromatic nitrogens is 2. The summed E-state index contributed by atoms with van der Waals surface area (Å²) >= 11 is 5.89. The molecule has 1 aliphatic carbocycles. The Balaban J connectivity index is 2.04. The van der Waals surface area contributed by atoms with Crippen LogP contribution in [0.2, 0.25) is 5.02 Å². The van der Waals surface area contributed by atoms with Crippen LogP contribution in [0.4, 0.5) is 0 Å². The van der Waals surface area contributed by atoms with E-state index in [0.29, 0.717) is 17.6 Å². The largest absolute Gasteiger partial charge is 0.368 e. The van der Waals surface area contributed by atoms with Gasteiger partial charge in [0, 0.05) is 6.04 Å². The molecule has 1 heterocycles. The van der Waals surface area contributed by atoms with Gasteiger partial charge in [0.05, 0.1) is 23.5 Å². The average Bonchev–Trinajstić information content (AvgIpc) is 2.99. The zero-order valence-corrected chi connectivity index (χ0v) is 9.87. The molecule has 0 bridgehead atoms. The lowest BCUT2D eigenvalue weighted by Crippen LogP contribution is -2.45. The Labute approximate surface area is 98.9 Å². The molecule has 6 heteroatoms. The number of hydrogen-bond acceptors (Lipinski definition) is 3. The van der Waals surface area contributed by atoms with E-state index in [4.69, 9.17) is 17.3 Å². The lowest BCUT2D eigenvalue weighted by atomic mass is 10.2. The van der Waals surface area contributed by atoms with Crippen LogP contribution in [0.3, 0.4) is 0 Å². The smallest absolute Gasteiger partial charge is 0.236 e. The molecule has 0 saturated heterocycles. The van der Waals surface area contributed by atoms with E-state index in [1.807, 2.05) is 6.92 Å². The van der Waals surface area contributed by atoms with Crippen molar-refractivity contribution in [1.29, 1.82) is 0 Å². The quantitative estimate of drug-likeness (QED) is 0.788. The molecule has 1 atom stereocenters. The summed E-state index contributed by atoms with van der Waals surface area (Å²) < 4.78 is 1.70. The first-order chi connectivity index (χ1) is 7.58. The molecule has 1 unspecified atom stereocenters. The monoisotopic (exact) mass is 242 g/mol. The Morgan fingerprint density at radius 2 is 2.50 bits per heavy atom. The van der Waals surface area contributed by atoms with Crippen molar-refractivity contribution in [2.75, 3.05) is 0 Å². The highest BCUT2D eigenvalue weighted by atomic mass is 35.5. The number of carbonyl (C=O) groups is 1. The third-order valence-corrected chi connectivity index (χ3v) is 3.13. The van der Waals surface area contributed by atoms with Crippen LogP contribution in [0.1, 0.15) is 18.5 Å². The highest BCUT2D eigenvalue weighted by molar-refractivity contribution is 6.31. The van der Waals surface area contributed by atoms with Crippen molar-refractivity contribution >= 4 is 17.5 Å². The van der Waals surface area contributed by atoms with Crippen LogP contribution in [0.5, 0.6) is 0 Å². The Kier molecular flexibility index (Phi) is 3.16. The van der Waals surface area contributed by atoms with Gasteiger partial charge in [-0.15, -0.1) is 0 Å². The Bertz CT molecular complexity index is 400. The number of primary amides is 1. The van der Waals surface area contributed by atoms with Gasteiger partial charge in [-0.1, -0.05) is 11.6 Å².